The molecule has 1 heteroatoms. The second-order valence-electron chi connectivity index (χ2n) is 6.00. The molecule has 0 heterocycles. The Kier molecular flexibility index (Phi) is 4.43. The maximum absolute atomic E-state index is 10.7. The molecule has 1 nitrogen and oxygen atoms in total. The van der Waals surface area contributed by atoms with Crippen LogP contribution in [0.25, 0.3) is 0 Å². The van der Waals surface area contributed by atoms with Crippen LogP contribution in [0.3, 0.4) is 0 Å². The van der Waals surface area contributed by atoms with Gasteiger partial charge in [-0.25, -0.2) is 0 Å². The largest absolute Gasteiger partial charge is 0.303 e. The Morgan fingerprint density at radius 1 is 0.875 bits per heavy atom. The third kappa shape index (κ3) is 2.87. The first-order valence-corrected chi connectivity index (χ1v) is 7.28. The van der Waals surface area contributed by atoms with Crippen LogP contribution in [0, 0.1) is 23.7 Å². The number of hydrogen-bond acceptors (Lipinski definition) is 1. The van der Waals surface area contributed by atoms with E-state index >= 15 is 0 Å². The lowest BCUT2D eigenvalue weighted by Crippen LogP contribution is -2.26. The van der Waals surface area contributed by atoms with Crippen molar-refractivity contribution in [1.82, 2.24) is 0 Å². The maximum atomic E-state index is 10.7. The van der Waals surface area contributed by atoms with E-state index in [0.717, 1.165) is 17.8 Å². The van der Waals surface area contributed by atoms with Crippen LogP contribution in [0.15, 0.2) is 0 Å². The number of carbonyl (C=O) groups excluding carboxylic acids is 1. The molecule has 0 aliphatic heterocycles. The average molecular weight is 222 g/mol. The van der Waals surface area contributed by atoms with E-state index in [1.54, 1.807) is 0 Å². The first-order valence-electron chi connectivity index (χ1n) is 7.28. The summed E-state index contributed by atoms with van der Waals surface area (Å²) in [7, 11) is 0. The van der Waals surface area contributed by atoms with Gasteiger partial charge in [0.2, 0.25) is 0 Å². The molecule has 0 aromatic carbocycles. The van der Waals surface area contributed by atoms with Gasteiger partial charge in [-0.1, -0.05) is 26.2 Å². The van der Waals surface area contributed by atoms with Crippen molar-refractivity contribution in [3.05, 3.63) is 0 Å². The predicted molar refractivity (Wildman–Crippen MR) is 67.3 cm³/mol. The first kappa shape index (κ1) is 12.1. The molecule has 0 radical (unpaired) electrons. The van der Waals surface area contributed by atoms with Gasteiger partial charge in [-0.2, -0.15) is 0 Å². The van der Waals surface area contributed by atoms with Crippen LogP contribution in [-0.2, 0) is 4.79 Å². The Hall–Kier alpha value is -0.330. The second-order valence-corrected chi connectivity index (χ2v) is 6.00. The van der Waals surface area contributed by atoms with Crippen LogP contribution in [0.5, 0.6) is 0 Å². The number of rotatable bonds is 3. The van der Waals surface area contributed by atoms with Crippen LogP contribution in [0.4, 0.5) is 0 Å². The Bertz CT molecular complexity index is 207. The number of hydrogen-bond donors (Lipinski definition) is 0. The van der Waals surface area contributed by atoms with Crippen LogP contribution < -0.4 is 0 Å². The topological polar surface area (TPSA) is 17.1 Å². The standard InChI is InChI=1S/C15H26O/c1-2-12-3-7-14(8-4-12)15-9-5-13(11-16)6-10-15/h11-15H,2-10H2,1H3. The fourth-order valence-electron chi connectivity index (χ4n) is 3.82. The minimum absolute atomic E-state index is 0.392. The summed E-state index contributed by atoms with van der Waals surface area (Å²) < 4.78 is 0. The molecule has 0 bridgehead atoms. The summed E-state index contributed by atoms with van der Waals surface area (Å²) in [5.74, 6) is 3.36. The van der Waals surface area contributed by atoms with Crippen LogP contribution in [0.2, 0.25) is 0 Å². The smallest absolute Gasteiger partial charge is 0.123 e. The predicted octanol–water partition coefficient (Wildman–Crippen LogP) is 4.21. The molecule has 0 amide bonds. The molecule has 2 fully saturated rings. The molecule has 92 valence electrons. The van der Waals surface area contributed by atoms with Gasteiger partial charge < -0.3 is 4.79 Å². The zero-order valence-corrected chi connectivity index (χ0v) is 10.7. The van der Waals surface area contributed by atoms with E-state index in [4.69, 9.17) is 0 Å². The number of carbonyl (C=O) groups is 1. The molecule has 2 rings (SSSR count). The Balaban J connectivity index is 1.75. The Morgan fingerprint density at radius 2 is 1.38 bits per heavy atom. The van der Waals surface area contributed by atoms with Gasteiger partial charge in [0.15, 0.2) is 0 Å². The summed E-state index contributed by atoms with van der Waals surface area (Å²) in [5, 5.41) is 0. The molecule has 0 spiro atoms. The Morgan fingerprint density at radius 3 is 1.81 bits per heavy atom. The van der Waals surface area contributed by atoms with Crippen molar-refractivity contribution in [1.29, 1.82) is 0 Å². The molecule has 0 aromatic rings. The average Bonchev–Trinajstić information content (AvgIpc) is 2.39. The van der Waals surface area contributed by atoms with Crippen molar-refractivity contribution in [2.75, 3.05) is 0 Å². The Labute approximate surface area is 100.0 Å². The molecular weight excluding hydrogens is 196 g/mol. The van der Waals surface area contributed by atoms with E-state index in [-0.39, 0.29) is 0 Å². The van der Waals surface area contributed by atoms with Gasteiger partial charge in [0.05, 0.1) is 0 Å². The normalized spacial score (nSPS) is 40.6. The van der Waals surface area contributed by atoms with E-state index in [1.807, 2.05) is 0 Å². The molecule has 2 saturated carbocycles. The van der Waals surface area contributed by atoms with Gasteiger partial charge in [0, 0.05) is 5.92 Å². The van der Waals surface area contributed by atoms with Crippen molar-refractivity contribution in [3.63, 3.8) is 0 Å². The molecule has 2 aliphatic rings. The van der Waals surface area contributed by atoms with E-state index in [2.05, 4.69) is 6.92 Å². The monoisotopic (exact) mass is 222 g/mol. The minimum atomic E-state index is 0.392. The van der Waals surface area contributed by atoms with Crippen LogP contribution in [-0.4, -0.2) is 6.29 Å². The van der Waals surface area contributed by atoms with Crippen LogP contribution in [0.1, 0.15) is 64.7 Å². The van der Waals surface area contributed by atoms with Crippen molar-refractivity contribution in [3.8, 4) is 0 Å². The van der Waals surface area contributed by atoms with E-state index < -0.39 is 0 Å². The molecule has 0 atom stereocenters. The quantitative estimate of drug-likeness (QED) is 0.654. The van der Waals surface area contributed by atoms with Crippen molar-refractivity contribution in [2.45, 2.75) is 64.7 Å². The lowest BCUT2D eigenvalue weighted by molar-refractivity contribution is -0.112. The molecule has 16 heavy (non-hydrogen) atoms. The highest BCUT2D eigenvalue weighted by Gasteiger charge is 2.30. The molecule has 0 aromatic heterocycles. The fraction of sp³-hybridized carbons (Fsp3) is 0.933. The highest BCUT2D eigenvalue weighted by Crippen LogP contribution is 2.41. The highest BCUT2D eigenvalue weighted by molar-refractivity contribution is 5.53. The van der Waals surface area contributed by atoms with Crippen molar-refractivity contribution in [2.24, 2.45) is 23.7 Å². The van der Waals surface area contributed by atoms with Crippen LogP contribution >= 0.6 is 0 Å². The molecular formula is C15H26O. The first-order chi connectivity index (χ1) is 7.83. The summed E-state index contributed by atoms with van der Waals surface area (Å²) in [6, 6.07) is 0. The van der Waals surface area contributed by atoms with Gasteiger partial charge in [-0.3, -0.25) is 0 Å². The minimum Gasteiger partial charge on any atom is -0.303 e. The van der Waals surface area contributed by atoms with E-state index in [9.17, 15) is 4.79 Å². The van der Waals surface area contributed by atoms with Gasteiger partial charge in [0.25, 0.3) is 0 Å². The number of aldehydes is 1. The molecule has 0 saturated heterocycles. The molecule has 2 aliphatic carbocycles. The summed E-state index contributed by atoms with van der Waals surface area (Å²) in [6.07, 6.45) is 13.4. The SMILES string of the molecule is CCC1CCC(C2CCC(C=O)CC2)CC1. The zero-order chi connectivity index (χ0) is 11.4. The van der Waals surface area contributed by atoms with E-state index in [1.165, 1.54) is 64.1 Å². The molecule has 0 unspecified atom stereocenters. The van der Waals surface area contributed by atoms with Crippen molar-refractivity contribution < 1.29 is 4.79 Å². The highest BCUT2D eigenvalue weighted by atomic mass is 16.1. The van der Waals surface area contributed by atoms with Gasteiger partial charge in [-0.05, 0) is 56.3 Å². The van der Waals surface area contributed by atoms with Gasteiger partial charge in [-0.15, -0.1) is 0 Å². The zero-order valence-electron chi connectivity index (χ0n) is 10.7. The second kappa shape index (κ2) is 5.84. The fourth-order valence-corrected chi connectivity index (χ4v) is 3.82. The van der Waals surface area contributed by atoms with Gasteiger partial charge >= 0.3 is 0 Å². The summed E-state index contributed by atoms with van der Waals surface area (Å²) in [6.45, 7) is 2.33. The maximum Gasteiger partial charge on any atom is 0.123 e. The summed E-state index contributed by atoms with van der Waals surface area (Å²) in [5.41, 5.74) is 0. The summed E-state index contributed by atoms with van der Waals surface area (Å²) >= 11 is 0. The van der Waals surface area contributed by atoms with E-state index in [0.29, 0.717) is 5.92 Å². The third-order valence-corrected chi connectivity index (χ3v) is 5.14. The lowest BCUT2D eigenvalue weighted by atomic mass is 9.69. The van der Waals surface area contributed by atoms with Crippen molar-refractivity contribution >= 4 is 6.29 Å². The molecule has 0 N–H and O–H groups in total. The summed E-state index contributed by atoms with van der Waals surface area (Å²) in [4.78, 5) is 10.7. The third-order valence-electron chi connectivity index (χ3n) is 5.14. The van der Waals surface area contributed by atoms with Gasteiger partial charge in [0.1, 0.15) is 6.29 Å². The lowest BCUT2D eigenvalue weighted by Gasteiger charge is -2.36.